The summed E-state index contributed by atoms with van der Waals surface area (Å²) in [5.41, 5.74) is 0. The van der Waals surface area contributed by atoms with Crippen LogP contribution in [0.3, 0.4) is 0 Å². The van der Waals surface area contributed by atoms with Crippen LogP contribution in [-0.4, -0.2) is 19.6 Å². The Morgan fingerprint density at radius 2 is 2.07 bits per heavy atom. The number of ether oxygens (including phenoxy) is 2. The summed E-state index contributed by atoms with van der Waals surface area (Å²) >= 11 is 0. The normalized spacial score (nSPS) is 9.64. The molecule has 0 aliphatic heterocycles. The van der Waals surface area contributed by atoms with Crippen LogP contribution < -0.4 is 4.74 Å². The Morgan fingerprint density at radius 1 is 1.36 bits per heavy atom. The van der Waals surface area contributed by atoms with Gasteiger partial charge in [-0.25, -0.2) is 8.78 Å². The number of hydrogen-bond acceptors (Lipinski definition) is 3. The summed E-state index contributed by atoms with van der Waals surface area (Å²) in [7, 11) is 1.33. The molecule has 1 N–H and O–H groups in total. The first-order valence-corrected chi connectivity index (χ1v) is 3.82. The molecule has 0 radical (unpaired) electrons. The molecule has 1 aromatic carbocycles. The Labute approximate surface area is 79.8 Å². The van der Waals surface area contributed by atoms with Gasteiger partial charge >= 0.3 is 0 Å². The highest BCUT2D eigenvalue weighted by atomic mass is 19.2. The van der Waals surface area contributed by atoms with Gasteiger partial charge in [0.25, 0.3) is 0 Å². The molecule has 0 saturated carbocycles. The minimum Gasteiger partial charge on any atom is -0.484 e. The van der Waals surface area contributed by atoms with Crippen molar-refractivity contribution in [1.29, 1.82) is 5.41 Å². The summed E-state index contributed by atoms with van der Waals surface area (Å²) in [6.07, 6.45) is 0. The maximum absolute atomic E-state index is 12.6. The van der Waals surface area contributed by atoms with Crippen LogP contribution in [0.4, 0.5) is 8.78 Å². The summed E-state index contributed by atoms with van der Waals surface area (Å²) in [5, 5.41) is 7.07. The van der Waals surface area contributed by atoms with Crippen LogP contribution in [0.25, 0.3) is 0 Å². The Hall–Kier alpha value is -1.65. The fourth-order valence-corrected chi connectivity index (χ4v) is 0.774. The van der Waals surface area contributed by atoms with Gasteiger partial charge in [0.05, 0.1) is 7.11 Å². The number of rotatable bonds is 3. The first kappa shape index (κ1) is 10.4. The van der Waals surface area contributed by atoms with Gasteiger partial charge in [-0.2, -0.15) is 0 Å². The molecule has 0 aliphatic rings. The first-order valence-electron chi connectivity index (χ1n) is 3.82. The van der Waals surface area contributed by atoms with E-state index in [4.69, 9.17) is 10.1 Å². The Kier molecular flexibility index (Phi) is 3.39. The molecule has 0 unspecified atom stereocenters. The van der Waals surface area contributed by atoms with Crippen molar-refractivity contribution in [2.24, 2.45) is 0 Å². The molecule has 0 heterocycles. The number of hydrogen-bond donors (Lipinski definition) is 1. The Balaban J connectivity index is 2.60. The van der Waals surface area contributed by atoms with Crippen LogP contribution >= 0.6 is 0 Å². The third-order valence-electron chi connectivity index (χ3n) is 1.51. The van der Waals surface area contributed by atoms with E-state index in [-0.39, 0.29) is 18.3 Å². The van der Waals surface area contributed by atoms with E-state index in [1.54, 1.807) is 0 Å². The van der Waals surface area contributed by atoms with Crippen molar-refractivity contribution in [3.05, 3.63) is 29.8 Å². The molecular weight excluding hydrogens is 192 g/mol. The van der Waals surface area contributed by atoms with Crippen molar-refractivity contribution in [2.45, 2.75) is 0 Å². The standard InChI is InChI=1S/C9H9F2NO2/c1-13-9(12)5-14-6-2-3-7(10)8(11)4-6/h2-4,12H,5H2,1H3. The SMILES string of the molecule is COC(=N)COc1ccc(F)c(F)c1. The lowest BCUT2D eigenvalue weighted by molar-refractivity contribution is 0.308. The molecule has 14 heavy (non-hydrogen) atoms. The Bertz CT molecular complexity index is 342. The van der Waals surface area contributed by atoms with Gasteiger partial charge in [-0.05, 0) is 12.1 Å². The average Bonchev–Trinajstić information content (AvgIpc) is 2.19. The van der Waals surface area contributed by atoms with Gasteiger partial charge in [-0.3, -0.25) is 5.41 Å². The minimum absolute atomic E-state index is 0.0882. The second kappa shape index (κ2) is 4.55. The maximum Gasteiger partial charge on any atom is 0.219 e. The zero-order valence-electron chi connectivity index (χ0n) is 7.51. The van der Waals surface area contributed by atoms with Crippen LogP contribution in [0, 0.1) is 17.0 Å². The van der Waals surface area contributed by atoms with Gasteiger partial charge < -0.3 is 9.47 Å². The Morgan fingerprint density at radius 3 is 2.64 bits per heavy atom. The minimum atomic E-state index is -0.980. The molecule has 1 rings (SSSR count). The van der Waals surface area contributed by atoms with Crippen LogP contribution in [0.15, 0.2) is 18.2 Å². The fourth-order valence-electron chi connectivity index (χ4n) is 0.774. The average molecular weight is 201 g/mol. The number of methoxy groups -OCH3 is 1. The monoisotopic (exact) mass is 201 g/mol. The van der Waals surface area contributed by atoms with Crippen LogP contribution in [0.2, 0.25) is 0 Å². The van der Waals surface area contributed by atoms with Crippen LogP contribution in [0.5, 0.6) is 5.75 Å². The number of halogens is 2. The van der Waals surface area contributed by atoms with E-state index in [1.807, 2.05) is 0 Å². The van der Waals surface area contributed by atoms with Gasteiger partial charge in [-0.1, -0.05) is 0 Å². The molecule has 0 spiro atoms. The van der Waals surface area contributed by atoms with Gasteiger partial charge in [0.2, 0.25) is 5.90 Å². The van der Waals surface area contributed by atoms with Gasteiger partial charge in [0.1, 0.15) is 5.75 Å². The first-order chi connectivity index (χ1) is 6.63. The van der Waals surface area contributed by atoms with Crippen molar-refractivity contribution in [2.75, 3.05) is 13.7 Å². The van der Waals surface area contributed by atoms with E-state index in [0.717, 1.165) is 12.1 Å². The van der Waals surface area contributed by atoms with Crippen molar-refractivity contribution in [3.63, 3.8) is 0 Å². The van der Waals surface area contributed by atoms with E-state index in [2.05, 4.69) is 4.74 Å². The smallest absolute Gasteiger partial charge is 0.219 e. The largest absolute Gasteiger partial charge is 0.484 e. The van der Waals surface area contributed by atoms with E-state index >= 15 is 0 Å². The topological polar surface area (TPSA) is 42.3 Å². The third kappa shape index (κ3) is 2.69. The molecule has 0 aromatic heterocycles. The summed E-state index contributed by atoms with van der Waals surface area (Å²) < 4.78 is 34.6. The predicted molar refractivity (Wildman–Crippen MR) is 46.6 cm³/mol. The van der Waals surface area contributed by atoms with E-state index in [1.165, 1.54) is 13.2 Å². The lowest BCUT2D eigenvalue weighted by Crippen LogP contribution is -2.11. The molecule has 1 aromatic rings. The summed E-state index contributed by atoms with van der Waals surface area (Å²) in [5.74, 6) is -1.84. The molecule has 0 amide bonds. The molecule has 0 saturated heterocycles. The molecule has 5 heteroatoms. The third-order valence-corrected chi connectivity index (χ3v) is 1.51. The van der Waals surface area contributed by atoms with Crippen molar-refractivity contribution in [3.8, 4) is 5.75 Å². The van der Waals surface area contributed by atoms with Gasteiger partial charge in [0.15, 0.2) is 18.2 Å². The maximum atomic E-state index is 12.6. The van der Waals surface area contributed by atoms with Crippen molar-refractivity contribution < 1.29 is 18.3 Å². The van der Waals surface area contributed by atoms with Crippen LogP contribution in [-0.2, 0) is 4.74 Å². The van der Waals surface area contributed by atoms with Crippen LogP contribution in [0.1, 0.15) is 0 Å². The van der Waals surface area contributed by atoms with Crippen molar-refractivity contribution in [1.82, 2.24) is 0 Å². The van der Waals surface area contributed by atoms with E-state index < -0.39 is 11.6 Å². The molecular formula is C9H9F2NO2. The molecule has 76 valence electrons. The second-order valence-electron chi connectivity index (χ2n) is 2.49. The van der Waals surface area contributed by atoms with Gasteiger partial charge in [0, 0.05) is 6.07 Å². The second-order valence-corrected chi connectivity index (χ2v) is 2.49. The lowest BCUT2D eigenvalue weighted by atomic mass is 10.3. The van der Waals surface area contributed by atoms with Gasteiger partial charge in [-0.15, -0.1) is 0 Å². The number of benzene rings is 1. The van der Waals surface area contributed by atoms with Crippen molar-refractivity contribution >= 4 is 5.90 Å². The highest BCUT2D eigenvalue weighted by Gasteiger charge is 2.04. The number of nitrogens with one attached hydrogen (secondary N) is 1. The molecule has 0 aliphatic carbocycles. The summed E-state index contributed by atoms with van der Waals surface area (Å²) in [6, 6.07) is 3.15. The lowest BCUT2D eigenvalue weighted by Gasteiger charge is -2.06. The molecule has 0 bridgehead atoms. The van der Waals surface area contributed by atoms with E-state index in [9.17, 15) is 8.78 Å². The zero-order valence-corrected chi connectivity index (χ0v) is 7.51. The fraction of sp³-hybridized carbons (Fsp3) is 0.222. The summed E-state index contributed by atoms with van der Waals surface area (Å²) in [4.78, 5) is 0. The molecule has 3 nitrogen and oxygen atoms in total. The molecule has 0 atom stereocenters. The van der Waals surface area contributed by atoms with E-state index in [0.29, 0.717) is 0 Å². The highest BCUT2D eigenvalue weighted by Crippen LogP contribution is 2.15. The zero-order chi connectivity index (χ0) is 10.6. The molecule has 0 fully saturated rings. The quantitative estimate of drug-likeness (QED) is 0.600. The summed E-state index contributed by atoms with van der Waals surface area (Å²) in [6.45, 7) is -0.110. The predicted octanol–water partition coefficient (Wildman–Crippen LogP) is 1.97. The highest BCUT2D eigenvalue weighted by molar-refractivity contribution is 5.73.